The van der Waals surface area contributed by atoms with Crippen molar-refractivity contribution in [1.82, 2.24) is 14.5 Å². The summed E-state index contributed by atoms with van der Waals surface area (Å²) < 4.78 is 26.4. The first kappa shape index (κ1) is 18.9. The van der Waals surface area contributed by atoms with Gasteiger partial charge in [0.2, 0.25) is 10.0 Å². The quantitative estimate of drug-likeness (QED) is 0.807. The highest BCUT2D eigenvalue weighted by Gasteiger charge is 2.29. The number of rotatable bonds is 7. The number of amides is 1. The predicted octanol–water partition coefficient (Wildman–Crippen LogP) is 1.54. The molecule has 7 heteroatoms. The number of likely N-dealkylation sites (tertiary alicyclic amines) is 1. The van der Waals surface area contributed by atoms with Gasteiger partial charge in [-0.3, -0.25) is 4.79 Å². The van der Waals surface area contributed by atoms with Crippen LogP contribution >= 0.6 is 0 Å². The van der Waals surface area contributed by atoms with E-state index in [2.05, 4.69) is 5.32 Å². The Morgan fingerprint density at radius 2 is 1.88 bits per heavy atom. The lowest BCUT2D eigenvalue weighted by molar-refractivity contribution is 0.0737. The van der Waals surface area contributed by atoms with Crippen LogP contribution in [0.4, 0.5) is 0 Å². The zero-order chi connectivity index (χ0) is 17.7. The van der Waals surface area contributed by atoms with Crippen molar-refractivity contribution in [2.75, 3.05) is 33.2 Å². The molecule has 0 aromatic heterocycles. The van der Waals surface area contributed by atoms with Crippen LogP contribution in [0.1, 0.15) is 37.0 Å². The fraction of sp³-hybridized carbons (Fsp3) is 0.588. The first-order chi connectivity index (χ1) is 11.5. The standard InChI is InChI=1S/C17H27N3O3S/c1-4-19(5-2)24(22,23)16-10-8-14(9-11-16)17(21)20-12-6-7-15(20)13-18-3/h8-11,15,18H,4-7,12-13H2,1-3H3. The molecule has 1 heterocycles. The first-order valence-electron chi connectivity index (χ1n) is 8.51. The number of nitrogens with zero attached hydrogens (tertiary/aromatic N) is 2. The van der Waals surface area contributed by atoms with Gasteiger partial charge in [-0.1, -0.05) is 13.8 Å². The smallest absolute Gasteiger partial charge is 0.254 e. The van der Waals surface area contributed by atoms with Crippen LogP contribution in [0.15, 0.2) is 29.2 Å². The number of likely N-dealkylation sites (N-methyl/N-ethyl adjacent to an activating group) is 1. The van der Waals surface area contributed by atoms with E-state index in [-0.39, 0.29) is 16.8 Å². The predicted molar refractivity (Wildman–Crippen MR) is 94.5 cm³/mol. The average molecular weight is 353 g/mol. The Labute approximate surface area is 144 Å². The van der Waals surface area contributed by atoms with Gasteiger partial charge in [-0.25, -0.2) is 8.42 Å². The Morgan fingerprint density at radius 1 is 1.25 bits per heavy atom. The van der Waals surface area contributed by atoms with Crippen LogP contribution in [0.5, 0.6) is 0 Å². The number of hydrogen-bond donors (Lipinski definition) is 1. The molecule has 0 bridgehead atoms. The van der Waals surface area contributed by atoms with Gasteiger partial charge < -0.3 is 10.2 Å². The summed E-state index contributed by atoms with van der Waals surface area (Å²) in [4.78, 5) is 14.8. The van der Waals surface area contributed by atoms with Gasteiger partial charge in [-0.2, -0.15) is 4.31 Å². The van der Waals surface area contributed by atoms with E-state index < -0.39 is 10.0 Å². The first-order valence-corrected chi connectivity index (χ1v) is 9.95. The number of hydrogen-bond acceptors (Lipinski definition) is 4. The summed E-state index contributed by atoms with van der Waals surface area (Å²) in [5.74, 6) is -0.0282. The minimum absolute atomic E-state index is 0.0282. The highest BCUT2D eigenvalue weighted by atomic mass is 32.2. The zero-order valence-corrected chi connectivity index (χ0v) is 15.5. The van der Waals surface area contributed by atoms with Crippen molar-refractivity contribution in [3.8, 4) is 0 Å². The molecule has 1 saturated heterocycles. The Balaban J connectivity index is 2.19. The van der Waals surface area contributed by atoms with Crippen molar-refractivity contribution in [1.29, 1.82) is 0 Å². The third-order valence-corrected chi connectivity index (χ3v) is 6.59. The average Bonchev–Trinajstić information content (AvgIpc) is 3.04. The van der Waals surface area contributed by atoms with Gasteiger partial charge in [-0.05, 0) is 44.2 Å². The SMILES string of the molecule is CCN(CC)S(=O)(=O)c1ccc(C(=O)N2CCCC2CNC)cc1. The molecular formula is C17H27N3O3S. The van der Waals surface area contributed by atoms with Crippen LogP contribution in [0.2, 0.25) is 0 Å². The lowest BCUT2D eigenvalue weighted by atomic mass is 10.1. The van der Waals surface area contributed by atoms with E-state index >= 15 is 0 Å². The maximum atomic E-state index is 12.7. The van der Waals surface area contributed by atoms with Crippen LogP contribution in [0.25, 0.3) is 0 Å². The van der Waals surface area contributed by atoms with Crippen LogP contribution < -0.4 is 5.32 Å². The van der Waals surface area contributed by atoms with Gasteiger partial charge in [0.05, 0.1) is 4.90 Å². The molecule has 0 radical (unpaired) electrons. The third kappa shape index (κ3) is 3.79. The van der Waals surface area contributed by atoms with E-state index in [0.717, 1.165) is 25.9 Å². The van der Waals surface area contributed by atoms with Gasteiger partial charge in [0.1, 0.15) is 0 Å². The van der Waals surface area contributed by atoms with E-state index in [0.29, 0.717) is 18.7 Å². The largest absolute Gasteiger partial charge is 0.334 e. The van der Waals surface area contributed by atoms with Crippen molar-refractivity contribution in [2.45, 2.75) is 37.6 Å². The molecule has 1 aromatic rings. The molecule has 1 N–H and O–H groups in total. The zero-order valence-electron chi connectivity index (χ0n) is 14.7. The third-order valence-electron chi connectivity index (χ3n) is 4.52. The number of carbonyl (C=O) groups is 1. The van der Waals surface area contributed by atoms with Crippen LogP contribution in [-0.2, 0) is 10.0 Å². The van der Waals surface area contributed by atoms with Gasteiger partial charge in [0.15, 0.2) is 0 Å². The summed E-state index contributed by atoms with van der Waals surface area (Å²) in [5, 5.41) is 3.12. The minimum Gasteiger partial charge on any atom is -0.334 e. The molecular weight excluding hydrogens is 326 g/mol. The Bertz CT molecular complexity index is 654. The summed E-state index contributed by atoms with van der Waals surface area (Å²) >= 11 is 0. The maximum Gasteiger partial charge on any atom is 0.254 e. The molecule has 2 rings (SSSR count). The number of carbonyl (C=O) groups excluding carboxylic acids is 1. The fourth-order valence-corrected chi connectivity index (χ4v) is 4.66. The summed E-state index contributed by atoms with van der Waals surface area (Å²) in [5.41, 5.74) is 0.538. The van der Waals surface area contributed by atoms with Crippen LogP contribution in [0, 0.1) is 0 Å². The summed E-state index contributed by atoms with van der Waals surface area (Å²) in [6.07, 6.45) is 2.01. The molecule has 1 atom stereocenters. The fourth-order valence-electron chi connectivity index (χ4n) is 3.20. The van der Waals surface area contributed by atoms with Crippen LogP contribution in [-0.4, -0.2) is 62.8 Å². The highest BCUT2D eigenvalue weighted by Crippen LogP contribution is 2.21. The summed E-state index contributed by atoms with van der Waals surface area (Å²) in [7, 11) is -1.60. The van der Waals surface area contributed by atoms with E-state index in [9.17, 15) is 13.2 Å². The normalized spacial score (nSPS) is 18.3. The molecule has 0 saturated carbocycles. The molecule has 24 heavy (non-hydrogen) atoms. The molecule has 1 amide bonds. The van der Waals surface area contributed by atoms with Crippen molar-refractivity contribution in [2.24, 2.45) is 0 Å². The molecule has 1 aliphatic heterocycles. The second-order valence-corrected chi connectivity index (χ2v) is 7.90. The van der Waals surface area contributed by atoms with Gasteiger partial charge in [0, 0.05) is 37.8 Å². The molecule has 134 valence electrons. The van der Waals surface area contributed by atoms with Gasteiger partial charge in [-0.15, -0.1) is 0 Å². The second-order valence-electron chi connectivity index (χ2n) is 5.97. The monoisotopic (exact) mass is 353 g/mol. The molecule has 0 spiro atoms. The Morgan fingerprint density at radius 3 is 2.42 bits per heavy atom. The number of nitrogens with one attached hydrogen (secondary N) is 1. The molecule has 1 aromatic carbocycles. The minimum atomic E-state index is -3.48. The second kappa shape index (κ2) is 8.09. The van der Waals surface area contributed by atoms with Crippen LogP contribution in [0.3, 0.4) is 0 Å². The number of benzene rings is 1. The Hall–Kier alpha value is -1.44. The van der Waals surface area contributed by atoms with E-state index in [1.807, 2.05) is 25.8 Å². The van der Waals surface area contributed by atoms with Crippen molar-refractivity contribution in [3.05, 3.63) is 29.8 Å². The molecule has 1 unspecified atom stereocenters. The van der Waals surface area contributed by atoms with E-state index in [1.54, 1.807) is 12.1 Å². The lowest BCUT2D eigenvalue weighted by Gasteiger charge is -2.25. The lowest BCUT2D eigenvalue weighted by Crippen LogP contribution is -2.40. The van der Waals surface area contributed by atoms with Gasteiger partial charge in [0.25, 0.3) is 5.91 Å². The Kier molecular flexibility index (Phi) is 6.37. The molecule has 0 aliphatic carbocycles. The molecule has 1 aliphatic rings. The summed E-state index contributed by atoms with van der Waals surface area (Å²) in [6.45, 7) is 6.02. The topological polar surface area (TPSA) is 69.7 Å². The van der Waals surface area contributed by atoms with Crippen molar-refractivity contribution < 1.29 is 13.2 Å². The maximum absolute atomic E-state index is 12.7. The molecule has 6 nitrogen and oxygen atoms in total. The van der Waals surface area contributed by atoms with E-state index in [1.165, 1.54) is 16.4 Å². The molecule has 1 fully saturated rings. The van der Waals surface area contributed by atoms with E-state index in [4.69, 9.17) is 0 Å². The number of sulfonamides is 1. The van der Waals surface area contributed by atoms with Crippen molar-refractivity contribution >= 4 is 15.9 Å². The highest BCUT2D eigenvalue weighted by molar-refractivity contribution is 7.89. The van der Waals surface area contributed by atoms with Gasteiger partial charge >= 0.3 is 0 Å². The summed E-state index contributed by atoms with van der Waals surface area (Å²) in [6, 6.07) is 6.51. The van der Waals surface area contributed by atoms with Crippen molar-refractivity contribution in [3.63, 3.8) is 0 Å².